The molecule has 0 spiro atoms. The van der Waals surface area contributed by atoms with Crippen LogP contribution in [0.25, 0.3) is 0 Å². The molecule has 0 aromatic carbocycles. The molecule has 0 radical (unpaired) electrons. The number of hydrogen-bond acceptors (Lipinski definition) is 4. The quantitative estimate of drug-likeness (QED) is 0.0475. The Labute approximate surface area is 258 Å². The Hall–Kier alpha value is -2.11. The first-order valence-electron chi connectivity index (χ1n) is 17.5. The molecule has 6 nitrogen and oxygen atoms in total. The van der Waals surface area contributed by atoms with E-state index in [0.29, 0.717) is 12.8 Å². The van der Waals surface area contributed by atoms with Crippen molar-refractivity contribution in [3.8, 4) is 0 Å². The van der Waals surface area contributed by atoms with Gasteiger partial charge in [0, 0.05) is 12.8 Å². The fourth-order valence-electron chi connectivity index (χ4n) is 5.01. The minimum Gasteiger partial charge on any atom is -0.480 e. The molecular weight excluding hydrogens is 526 g/mol. The maximum atomic E-state index is 12.6. The third-order valence-corrected chi connectivity index (χ3v) is 7.63. The van der Waals surface area contributed by atoms with Gasteiger partial charge in [0.2, 0.25) is 5.91 Å². The molecule has 244 valence electrons. The zero-order valence-corrected chi connectivity index (χ0v) is 27.4. The number of esters is 1. The second kappa shape index (κ2) is 31.8. The van der Waals surface area contributed by atoms with Crippen molar-refractivity contribution in [3.63, 3.8) is 0 Å². The number of aliphatic carboxylic acids is 1. The monoisotopic (exact) mass is 591 g/mol. The van der Waals surface area contributed by atoms with E-state index < -0.39 is 5.97 Å². The summed E-state index contributed by atoms with van der Waals surface area (Å²) >= 11 is 0. The zero-order chi connectivity index (χ0) is 30.9. The molecule has 0 saturated heterocycles. The van der Waals surface area contributed by atoms with Gasteiger partial charge in [0.05, 0.1) is 0 Å². The normalized spacial score (nSPS) is 12.2. The highest BCUT2D eigenvalue weighted by Crippen LogP contribution is 2.18. The van der Waals surface area contributed by atoms with Crippen LogP contribution in [-0.4, -0.2) is 35.6 Å². The van der Waals surface area contributed by atoms with Gasteiger partial charge < -0.3 is 15.2 Å². The fourth-order valence-corrected chi connectivity index (χ4v) is 5.01. The molecule has 0 bridgehead atoms. The SMILES string of the molecule is CCCCC/C=C\C/C=C\CCCCCCCC(=O)OC(CCCCCCCC)CCCCCCC(=O)NCC(=O)O. The van der Waals surface area contributed by atoms with Crippen molar-refractivity contribution in [2.45, 2.75) is 180 Å². The van der Waals surface area contributed by atoms with Gasteiger partial charge in [0.15, 0.2) is 0 Å². The Morgan fingerprint density at radius 1 is 0.619 bits per heavy atom. The number of amides is 1. The van der Waals surface area contributed by atoms with Crippen molar-refractivity contribution in [1.82, 2.24) is 5.32 Å². The van der Waals surface area contributed by atoms with Crippen molar-refractivity contribution in [2.24, 2.45) is 0 Å². The van der Waals surface area contributed by atoms with E-state index in [1.807, 2.05) is 0 Å². The smallest absolute Gasteiger partial charge is 0.322 e. The van der Waals surface area contributed by atoms with E-state index in [9.17, 15) is 14.4 Å². The van der Waals surface area contributed by atoms with Crippen molar-refractivity contribution in [1.29, 1.82) is 0 Å². The first-order chi connectivity index (χ1) is 20.5. The van der Waals surface area contributed by atoms with E-state index in [2.05, 4.69) is 43.5 Å². The van der Waals surface area contributed by atoms with Gasteiger partial charge in [-0.05, 0) is 70.6 Å². The van der Waals surface area contributed by atoms with Crippen LogP contribution in [0.5, 0.6) is 0 Å². The van der Waals surface area contributed by atoms with Crippen LogP contribution < -0.4 is 5.32 Å². The van der Waals surface area contributed by atoms with Crippen LogP contribution in [-0.2, 0) is 19.1 Å². The lowest BCUT2D eigenvalue weighted by Crippen LogP contribution is -2.28. The highest BCUT2D eigenvalue weighted by Gasteiger charge is 2.14. The summed E-state index contributed by atoms with van der Waals surface area (Å²) in [5.74, 6) is -1.28. The number of carboxylic acids is 1. The standard InChI is InChI=1S/C36H65NO5/c1-3-5-7-9-11-12-13-14-15-16-17-18-19-21-27-31-36(41)42-33(28-24-20-10-8-6-4-2)29-25-22-23-26-30-34(38)37-32-35(39)40/h11-12,14-15,33H,3-10,13,16-32H2,1-2H3,(H,37,38)(H,39,40)/b12-11-,15-14-. The van der Waals surface area contributed by atoms with Gasteiger partial charge >= 0.3 is 11.9 Å². The molecule has 0 fully saturated rings. The Bertz CT molecular complexity index is 703. The second-order valence-corrected chi connectivity index (χ2v) is 11.8. The van der Waals surface area contributed by atoms with Crippen LogP contribution in [0.2, 0.25) is 0 Å². The fraction of sp³-hybridized carbons (Fsp3) is 0.806. The Balaban J connectivity index is 4.05. The molecule has 0 aromatic heterocycles. The molecule has 0 saturated carbocycles. The van der Waals surface area contributed by atoms with Gasteiger partial charge in [-0.2, -0.15) is 0 Å². The van der Waals surface area contributed by atoms with Crippen molar-refractivity contribution in [2.75, 3.05) is 6.54 Å². The lowest BCUT2D eigenvalue weighted by molar-refractivity contribution is -0.150. The molecule has 2 N–H and O–H groups in total. The number of unbranched alkanes of at least 4 members (excludes halogenated alkanes) is 16. The van der Waals surface area contributed by atoms with Crippen LogP contribution >= 0.6 is 0 Å². The first kappa shape index (κ1) is 39.9. The Morgan fingerprint density at radius 2 is 1.10 bits per heavy atom. The average molecular weight is 592 g/mol. The van der Waals surface area contributed by atoms with Crippen LogP contribution in [0.4, 0.5) is 0 Å². The van der Waals surface area contributed by atoms with Gasteiger partial charge in [-0.1, -0.05) is 115 Å². The number of ether oxygens (including phenoxy) is 1. The van der Waals surface area contributed by atoms with E-state index in [1.165, 1.54) is 77.0 Å². The highest BCUT2D eigenvalue weighted by molar-refractivity contribution is 5.80. The Morgan fingerprint density at radius 3 is 1.69 bits per heavy atom. The summed E-state index contributed by atoms with van der Waals surface area (Å²) in [6.07, 6.45) is 35.8. The molecule has 42 heavy (non-hydrogen) atoms. The summed E-state index contributed by atoms with van der Waals surface area (Å²) in [5, 5.41) is 11.0. The molecule has 1 unspecified atom stereocenters. The summed E-state index contributed by atoms with van der Waals surface area (Å²) in [4.78, 5) is 34.7. The molecular formula is C36H65NO5. The third-order valence-electron chi connectivity index (χ3n) is 7.63. The van der Waals surface area contributed by atoms with Gasteiger partial charge in [-0.25, -0.2) is 0 Å². The predicted molar refractivity (Wildman–Crippen MR) is 176 cm³/mol. The number of rotatable bonds is 31. The topological polar surface area (TPSA) is 92.7 Å². The van der Waals surface area contributed by atoms with Crippen molar-refractivity contribution < 1.29 is 24.2 Å². The van der Waals surface area contributed by atoms with Crippen molar-refractivity contribution in [3.05, 3.63) is 24.3 Å². The van der Waals surface area contributed by atoms with Crippen LogP contribution in [0.15, 0.2) is 24.3 Å². The number of allylic oxidation sites excluding steroid dienone is 4. The maximum absolute atomic E-state index is 12.6. The van der Waals surface area contributed by atoms with Crippen LogP contribution in [0.3, 0.4) is 0 Å². The Kier molecular flexibility index (Phi) is 30.2. The number of hydrogen-bond donors (Lipinski definition) is 2. The van der Waals surface area contributed by atoms with E-state index in [1.54, 1.807) is 0 Å². The highest BCUT2D eigenvalue weighted by atomic mass is 16.5. The molecule has 6 heteroatoms. The molecule has 0 heterocycles. The first-order valence-corrected chi connectivity index (χ1v) is 17.5. The molecule has 1 atom stereocenters. The largest absolute Gasteiger partial charge is 0.480 e. The number of carbonyl (C=O) groups excluding carboxylic acids is 2. The number of nitrogens with one attached hydrogen (secondary N) is 1. The lowest BCUT2D eigenvalue weighted by atomic mass is 10.0. The molecule has 1 amide bonds. The minimum atomic E-state index is -1.02. The average Bonchev–Trinajstić information content (AvgIpc) is 2.97. The van der Waals surface area contributed by atoms with Gasteiger partial charge in [-0.3, -0.25) is 14.4 Å². The van der Waals surface area contributed by atoms with Gasteiger partial charge in [-0.15, -0.1) is 0 Å². The van der Waals surface area contributed by atoms with E-state index in [-0.39, 0.29) is 24.5 Å². The summed E-state index contributed by atoms with van der Waals surface area (Å²) in [6.45, 7) is 4.15. The number of carboxylic acid groups (broad SMARTS) is 1. The molecule has 0 aromatic rings. The van der Waals surface area contributed by atoms with E-state index in [4.69, 9.17) is 9.84 Å². The minimum absolute atomic E-state index is 0.000475. The zero-order valence-electron chi connectivity index (χ0n) is 27.4. The summed E-state index contributed by atoms with van der Waals surface area (Å²) < 4.78 is 5.92. The third kappa shape index (κ3) is 30.8. The summed E-state index contributed by atoms with van der Waals surface area (Å²) in [7, 11) is 0. The molecule has 0 aliphatic heterocycles. The van der Waals surface area contributed by atoms with Gasteiger partial charge in [0.25, 0.3) is 0 Å². The number of carbonyl (C=O) groups is 3. The van der Waals surface area contributed by atoms with E-state index >= 15 is 0 Å². The maximum Gasteiger partial charge on any atom is 0.322 e. The summed E-state index contributed by atoms with van der Waals surface area (Å²) in [5.41, 5.74) is 0. The molecule has 0 aliphatic rings. The van der Waals surface area contributed by atoms with Crippen LogP contribution in [0.1, 0.15) is 174 Å². The molecule has 0 rings (SSSR count). The predicted octanol–water partition coefficient (Wildman–Crippen LogP) is 10.0. The van der Waals surface area contributed by atoms with E-state index in [0.717, 1.165) is 70.6 Å². The van der Waals surface area contributed by atoms with Crippen LogP contribution in [0, 0.1) is 0 Å². The van der Waals surface area contributed by atoms with Crippen molar-refractivity contribution >= 4 is 17.8 Å². The molecule has 0 aliphatic carbocycles. The lowest BCUT2D eigenvalue weighted by Gasteiger charge is -2.18. The van der Waals surface area contributed by atoms with Gasteiger partial charge in [0.1, 0.15) is 12.6 Å². The second-order valence-electron chi connectivity index (χ2n) is 11.8. The summed E-state index contributed by atoms with van der Waals surface area (Å²) in [6, 6.07) is 0.